The molecule has 84 valence electrons. The molecule has 0 radical (unpaired) electrons. The number of carbonyl (C=O) groups is 1. The maximum atomic E-state index is 11.4. The van der Waals surface area contributed by atoms with Gasteiger partial charge in [0.15, 0.2) is 0 Å². The van der Waals surface area contributed by atoms with Crippen molar-refractivity contribution in [2.45, 2.75) is 38.5 Å². The molecule has 4 aliphatic rings. The van der Waals surface area contributed by atoms with Crippen molar-refractivity contribution in [2.75, 3.05) is 6.61 Å². The number of aliphatic hydroxyl groups excluding tert-OH is 1. The maximum absolute atomic E-state index is 11.4. The Morgan fingerprint density at radius 1 is 1.20 bits per heavy atom. The number of rotatable bonds is 2. The van der Waals surface area contributed by atoms with Gasteiger partial charge in [-0.3, -0.25) is 4.79 Å². The molecule has 0 aliphatic heterocycles. The number of carboxylic acids is 1. The first-order valence-electron chi connectivity index (χ1n) is 5.92. The van der Waals surface area contributed by atoms with Gasteiger partial charge in [-0.25, -0.2) is 0 Å². The average Bonchev–Trinajstić information content (AvgIpc) is 2.15. The van der Waals surface area contributed by atoms with Crippen LogP contribution < -0.4 is 0 Å². The fourth-order valence-corrected chi connectivity index (χ4v) is 4.89. The van der Waals surface area contributed by atoms with Crippen molar-refractivity contribution in [1.82, 2.24) is 0 Å². The number of carboxylic acid groups (broad SMARTS) is 1. The molecule has 0 spiro atoms. The summed E-state index contributed by atoms with van der Waals surface area (Å²) >= 11 is 0. The molecule has 0 aromatic carbocycles. The molecule has 0 saturated heterocycles. The Bertz CT molecular complexity index is 296. The second-order valence-electron chi connectivity index (χ2n) is 6.20. The zero-order chi connectivity index (χ0) is 10.7. The predicted octanol–water partition coefficient (Wildman–Crippen LogP) is 1.65. The van der Waals surface area contributed by atoms with Gasteiger partial charge >= 0.3 is 5.97 Å². The van der Waals surface area contributed by atoms with E-state index in [1.165, 1.54) is 6.42 Å². The average molecular weight is 210 g/mol. The molecular weight excluding hydrogens is 192 g/mol. The highest BCUT2D eigenvalue weighted by Crippen LogP contribution is 2.65. The van der Waals surface area contributed by atoms with Crippen LogP contribution in [0.25, 0.3) is 0 Å². The van der Waals surface area contributed by atoms with Crippen molar-refractivity contribution < 1.29 is 15.0 Å². The predicted molar refractivity (Wildman–Crippen MR) is 54.3 cm³/mol. The minimum Gasteiger partial charge on any atom is -0.481 e. The molecule has 4 fully saturated rings. The Labute approximate surface area is 89.5 Å². The number of hydrogen-bond acceptors (Lipinski definition) is 2. The normalized spacial score (nSPS) is 52.1. The van der Waals surface area contributed by atoms with Crippen molar-refractivity contribution in [3.05, 3.63) is 0 Å². The molecule has 0 aromatic rings. The minimum atomic E-state index is -0.616. The highest BCUT2D eigenvalue weighted by Gasteiger charge is 2.60. The van der Waals surface area contributed by atoms with E-state index in [1.54, 1.807) is 0 Å². The first-order valence-corrected chi connectivity index (χ1v) is 5.92. The third kappa shape index (κ3) is 1.19. The number of hydrogen-bond donors (Lipinski definition) is 2. The number of aliphatic hydroxyl groups is 1. The summed E-state index contributed by atoms with van der Waals surface area (Å²) in [5, 5.41) is 18.9. The summed E-state index contributed by atoms with van der Waals surface area (Å²) in [6.45, 7) is 0.190. The van der Waals surface area contributed by atoms with Gasteiger partial charge in [0, 0.05) is 6.61 Å². The zero-order valence-corrected chi connectivity index (χ0v) is 8.91. The molecule has 0 aromatic heterocycles. The monoisotopic (exact) mass is 210 g/mol. The van der Waals surface area contributed by atoms with Gasteiger partial charge in [0.05, 0.1) is 5.41 Å². The van der Waals surface area contributed by atoms with Crippen molar-refractivity contribution in [3.63, 3.8) is 0 Å². The van der Waals surface area contributed by atoms with E-state index < -0.39 is 11.4 Å². The summed E-state index contributed by atoms with van der Waals surface area (Å²) in [4.78, 5) is 11.4. The summed E-state index contributed by atoms with van der Waals surface area (Å²) in [5.41, 5.74) is -0.519. The largest absolute Gasteiger partial charge is 0.481 e. The summed E-state index contributed by atoms with van der Waals surface area (Å²) in [5.74, 6) is 0.512. The van der Waals surface area contributed by atoms with Crippen LogP contribution in [0.1, 0.15) is 38.5 Å². The molecule has 4 bridgehead atoms. The summed E-state index contributed by atoms with van der Waals surface area (Å²) in [6.07, 6.45) is 5.78. The smallest absolute Gasteiger partial charge is 0.309 e. The van der Waals surface area contributed by atoms with Gasteiger partial charge in [0.25, 0.3) is 0 Å². The van der Waals surface area contributed by atoms with Gasteiger partial charge in [0.2, 0.25) is 0 Å². The number of aliphatic carboxylic acids is 1. The molecule has 3 nitrogen and oxygen atoms in total. The van der Waals surface area contributed by atoms with Crippen LogP contribution in [0.5, 0.6) is 0 Å². The zero-order valence-electron chi connectivity index (χ0n) is 8.91. The van der Waals surface area contributed by atoms with E-state index in [2.05, 4.69) is 0 Å². The van der Waals surface area contributed by atoms with E-state index in [1.807, 2.05) is 0 Å². The van der Waals surface area contributed by atoms with Gasteiger partial charge in [-0.15, -0.1) is 0 Å². The summed E-state index contributed by atoms with van der Waals surface area (Å²) in [6, 6.07) is 0. The second-order valence-corrected chi connectivity index (χ2v) is 6.20. The Morgan fingerprint density at radius 3 is 2.27 bits per heavy atom. The lowest BCUT2D eigenvalue weighted by Crippen LogP contribution is -2.56. The van der Waals surface area contributed by atoms with Crippen LogP contribution in [0.3, 0.4) is 0 Å². The van der Waals surface area contributed by atoms with Gasteiger partial charge in [-0.2, -0.15) is 0 Å². The van der Waals surface area contributed by atoms with E-state index in [-0.39, 0.29) is 12.0 Å². The molecule has 4 rings (SSSR count). The van der Waals surface area contributed by atoms with Crippen molar-refractivity contribution >= 4 is 5.97 Å². The minimum absolute atomic E-state index is 0.0392. The van der Waals surface area contributed by atoms with Crippen LogP contribution in [0, 0.1) is 22.7 Å². The highest BCUT2D eigenvalue weighted by atomic mass is 16.4. The molecular formula is C12H18O3. The molecule has 0 unspecified atom stereocenters. The van der Waals surface area contributed by atoms with Crippen LogP contribution in [0.4, 0.5) is 0 Å². The van der Waals surface area contributed by atoms with Crippen molar-refractivity contribution in [1.29, 1.82) is 0 Å². The van der Waals surface area contributed by atoms with Crippen LogP contribution in [-0.4, -0.2) is 22.8 Å². The third-order valence-electron chi connectivity index (χ3n) is 4.97. The summed E-state index contributed by atoms with van der Waals surface area (Å²) < 4.78 is 0. The highest BCUT2D eigenvalue weighted by molar-refractivity contribution is 5.75. The lowest BCUT2D eigenvalue weighted by molar-refractivity contribution is -0.178. The maximum Gasteiger partial charge on any atom is 0.309 e. The molecule has 4 saturated carbocycles. The van der Waals surface area contributed by atoms with Crippen LogP contribution in [0.15, 0.2) is 0 Å². The molecule has 0 heterocycles. The van der Waals surface area contributed by atoms with Crippen molar-refractivity contribution in [3.8, 4) is 0 Å². The molecule has 2 N–H and O–H groups in total. The Kier molecular flexibility index (Phi) is 1.77. The first-order chi connectivity index (χ1) is 7.07. The molecule has 3 heteroatoms. The van der Waals surface area contributed by atoms with Gasteiger partial charge < -0.3 is 10.2 Å². The third-order valence-corrected chi connectivity index (χ3v) is 4.97. The fraction of sp³-hybridized carbons (Fsp3) is 0.917. The van der Waals surface area contributed by atoms with Gasteiger partial charge in [0.1, 0.15) is 0 Å². The molecule has 4 atom stereocenters. The van der Waals surface area contributed by atoms with E-state index >= 15 is 0 Å². The van der Waals surface area contributed by atoms with E-state index in [0.717, 1.165) is 32.1 Å². The van der Waals surface area contributed by atoms with E-state index in [0.29, 0.717) is 11.8 Å². The summed E-state index contributed by atoms with van der Waals surface area (Å²) in [7, 11) is 0. The molecule has 15 heavy (non-hydrogen) atoms. The Morgan fingerprint density at radius 2 is 1.80 bits per heavy atom. The SMILES string of the molecule is O=C(O)[C@@]12C[C@@H]3C[C@@H](C[C@@](CO)(C3)C1)C2. The Balaban J connectivity index is 1.99. The fourth-order valence-electron chi connectivity index (χ4n) is 4.89. The van der Waals surface area contributed by atoms with Crippen LogP contribution in [-0.2, 0) is 4.79 Å². The first kappa shape index (κ1) is 9.64. The molecule has 4 aliphatic carbocycles. The molecule has 0 amide bonds. The van der Waals surface area contributed by atoms with Crippen LogP contribution in [0.2, 0.25) is 0 Å². The topological polar surface area (TPSA) is 57.5 Å². The standard InChI is InChI=1S/C12H18O3/c13-7-11-2-8-1-9(3-11)5-12(4-8,6-11)10(14)15/h8-9,13H,1-7H2,(H,14,15)/t8-,9+,11+,12-. The van der Waals surface area contributed by atoms with E-state index in [4.69, 9.17) is 0 Å². The van der Waals surface area contributed by atoms with Gasteiger partial charge in [-0.05, 0) is 55.8 Å². The lowest BCUT2D eigenvalue weighted by Gasteiger charge is -2.60. The van der Waals surface area contributed by atoms with Gasteiger partial charge in [-0.1, -0.05) is 0 Å². The Hall–Kier alpha value is -0.570. The van der Waals surface area contributed by atoms with Crippen LogP contribution >= 0.6 is 0 Å². The quantitative estimate of drug-likeness (QED) is 0.728. The lowest BCUT2D eigenvalue weighted by atomic mass is 9.44. The second kappa shape index (κ2) is 2.76. The van der Waals surface area contributed by atoms with Crippen molar-refractivity contribution in [2.24, 2.45) is 22.7 Å². The van der Waals surface area contributed by atoms with E-state index in [9.17, 15) is 15.0 Å².